The Balaban J connectivity index is 1.03. The molecule has 2 heterocycles. The van der Waals surface area contributed by atoms with E-state index in [0.717, 1.165) is 111 Å². The number of rotatable bonds is 8. The molecule has 4 nitrogen and oxygen atoms in total. The van der Waals surface area contributed by atoms with Crippen LogP contribution in [0.15, 0.2) is 227 Å². The summed E-state index contributed by atoms with van der Waals surface area (Å²) < 4.78 is 14.5. The second kappa shape index (κ2) is 17.7. The molecular weight excluding hydrogens is 949 g/mol. The summed E-state index contributed by atoms with van der Waals surface area (Å²) in [4.78, 5) is 4.91. The molecule has 0 unspecified atom stereocenters. The van der Waals surface area contributed by atoms with Crippen molar-refractivity contribution < 1.29 is 8.83 Å². The molecule has 0 aliphatic carbocycles. The second-order valence-corrected chi connectivity index (χ2v) is 23.4. The van der Waals surface area contributed by atoms with E-state index < -0.39 is 0 Å². The van der Waals surface area contributed by atoms with Crippen LogP contribution in [0.5, 0.6) is 0 Å². The molecule has 0 fully saturated rings. The van der Waals surface area contributed by atoms with Crippen LogP contribution in [0, 0.1) is 13.8 Å². The van der Waals surface area contributed by atoms with Crippen molar-refractivity contribution >= 4 is 110 Å². The zero-order chi connectivity index (χ0) is 53.2. The summed E-state index contributed by atoms with van der Waals surface area (Å²) in [5.74, 6) is 0. The number of fused-ring (bicyclic) bond motifs is 6. The number of para-hydroxylation sites is 2. The van der Waals surface area contributed by atoms with Gasteiger partial charge in [0, 0.05) is 54.8 Å². The molecule has 78 heavy (non-hydrogen) atoms. The Kier molecular flexibility index (Phi) is 10.8. The van der Waals surface area contributed by atoms with Crippen LogP contribution in [0.25, 0.3) is 98.4 Å². The number of hydrogen-bond donors (Lipinski definition) is 0. The number of benzene rings is 12. The van der Waals surface area contributed by atoms with E-state index in [1.165, 1.54) is 43.8 Å². The number of hydrogen-bond acceptors (Lipinski definition) is 4. The maximum absolute atomic E-state index is 7.25. The summed E-state index contributed by atoms with van der Waals surface area (Å²) in [6.45, 7) is 18.0. The number of nitrogens with zero attached hydrogens (tertiary/aromatic N) is 2. The lowest BCUT2D eigenvalue weighted by atomic mass is 9.86. The molecular formula is C74H60N2O2. The molecule has 0 saturated carbocycles. The minimum absolute atomic E-state index is 0.116. The van der Waals surface area contributed by atoms with E-state index in [0.29, 0.717) is 0 Å². The SMILES string of the molecule is Cc1ccc2c(oc3c(C(C)(C)C)cccc32)c1N(c1ccc(-c2ccccc2)cc1)c1ccc2ccc3c(N(c4ccc(-c5ccccc5)cc4)c4c(C)ccc5c4oc4c(C(C)(C)C)cccc45)ccc4ccc1c2c43. The Hall–Kier alpha value is -9.12. The van der Waals surface area contributed by atoms with Gasteiger partial charge in [-0.25, -0.2) is 0 Å². The van der Waals surface area contributed by atoms with E-state index >= 15 is 0 Å². The average molecular weight is 1010 g/mol. The summed E-state index contributed by atoms with van der Waals surface area (Å²) in [5.41, 5.74) is 19.0. The monoisotopic (exact) mass is 1010 g/mol. The molecule has 0 amide bonds. The van der Waals surface area contributed by atoms with Crippen LogP contribution >= 0.6 is 0 Å². The third-order valence-corrected chi connectivity index (χ3v) is 16.3. The third-order valence-electron chi connectivity index (χ3n) is 16.3. The first-order valence-electron chi connectivity index (χ1n) is 27.3. The van der Waals surface area contributed by atoms with Crippen LogP contribution in [-0.4, -0.2) is 0 Å². The molecule has 0 bridgehead atoms. The zero-order valence-corrected chi connectivity index (χ0v) is 45.5. The summed E-state index contributed by atoms with van der Waals surface area (Å²) in [7, 11) is 0. The summed E-state index contributed by atoms with van der Waals surface area (Å²) >= 11 is 0. The van der Waals surface area contributed by atoms with Gasteiger partial charge in [0.15, 0.2) is 11.2 Å². The van der Waals surface area contributed by atoms with Crippen LogP contribution in [0.3, 0.4) is 0 Å². The van der Waals surface area contributed by atoms with Crippen molar-refractivity contribution in [1.82, 2.24) is 0 Å². The van der Waals surface area contributed by atoms with Crippen LogP contribution in [0.2, 0.25) is 0 Å². The molecule has 0 saturated heterocycles. The van der Waals surface area contributed by atoms with Gasteiger partial charge in [0.25, 0.3) is 0 Å². The van der Waals surface area contributed by atoms with E-state index in [-0.39, 0.29) is 10.8 Å². The van der Waals surface area contributed by atoms with Crippen LogP contribution in [0.1, 0.15) is 63.8 Å². The first-order chi connectivity index (χ1) is 37.8. The van der Waals surface area contributed by atoms with Crippen molar-refractivity contribution in [3.8, 4) is 22.3 Å². The molecule has 14 rings (SSSR count). The van der Waals surface area contributed by atoms with Gasteiger partial charge in [-0.15, -0.1) is 0 Å². The fraction of sp³-hybridized carbons (Fsp3) is 0.135. The first kappa shape index (κ1) is 47.3. The fourth-order valence-electron chi connectivity index (χ4n) is 12.4. The van der Waals surface area contributed by atoms with Gasteiger partial charge >= 0.3 is 0 Å². The number of aryl methyl sites for hydroxylation is 2. The molecule has 0 aliphatic heterocycles. The van der Waals surface area contributed by atoms with Crippen LogP contribution in [-0.2, 0) is 10.8 Å². The third kappa shape index (κ3) is 7.49. The van der Waals surface area contributed by atoms with Gasteiger partial charge < -0.3 is 18.6 Å². The van der Waals surface area contributed by atoms with Crippen LogP contribution in [0.4, 0.5) is 34.1 Å². The standard InChI is InChI=1S/C74H60N2O2/c1-45-25-39-57-55-21-15-23-61(73(3,4)5)69(55)77-71(57)67(45)75(53-35-27-49(28-36-53)47-17-11-9-12-18-47)63-43-33-51-32-42-60-64(44-34-52-31-41-59(63)65(51)66(52)60)76(54-37-29-50(30-38-54)48-19-13-10-14-20-48)68-46(2)26-40-58-56-22-16-24-62(74(6,7)8)70(56)78-72(58)68/h9-44H,1-8H3. The van der Waals surface area contributed by atoms with E-state index in [2.05, 4.69) is 284 Å². The highest BCUT2D eigenvalue weighted by Gasteiger charge is 2.30. The van der Waals surface area contributed by atoms with E-state index in [1.54, 1.807) is 0 Å². The summed E-state index contributed by atoms with van der Waals surface area (Å²) in [6, 6.07) is 80.1. The highest BCUT2D eigenvalue weighted by Crippen LogP contribution is 2.52. The highest BCUT2D eigenvalue weighted by atomic mass is 16.3. The second-order valence-electron chi connectivity index (χ2n) is 23.4. The topological polar surface area (TPSA) is 32.8 Å². The average Bonchev–Trinajstić information content (AvgIpc) is 4.07. The Morgan fingerprint density at radius 2 is 0.641 bits per heavy atom. The fourth-order valence-corrected chi connectivity index (χ4v) is 12.4. The van der Waals surface area contributed by atoms with Crippen molar-refractivity contribution in [1.29, 1.82) is 0 Å². The van der Waals surface area contributed by atoms with Crippen LogP contribution < -0.4 is 9.80 Å². The Bertz CT molecular complexity index is 4330. The van der Waals surface area contributed by atoms with Gasteiger partial charge in [-0.05, 0) is 116 Å². The van der Waals surface area contributed by atoms with Crippen molar-refractivity contribution in [3.05, 3.63) is 241 Å². The van der Waals surface area contributed by atoms with Gasteiger partial charge in [0.1, 0.15) is 11.2 Å². The van der Waals surface area contributed by atoms with Crippen molar-refractivity contribution in [2.45, 2.75) is 66.2 Å². The van der Waals surface area contributed by atoms with Gasteiger partial charge in [-0.3, -0.25) is 0 Å². The Morgan fingerprint density at radius 1 is 0.295 bits per heavy atom. The van der Waals surface area contributed by atoms with Crippen molar-refractivity contribution in [2.24, 2.45) is 0 Å². The largest absolute Gasteiger partial charge is 0.454 e. The van der Waals surface area contributed by atoms with Gasteiger partial charge in [0.05, 0.1) is 22.7 Å². The summed E-state index contributed by atoms with van der Waals surface area (Å²) in [6.07, 6.45) is 0. The molecule has 2 aromatic heterocycles. The lowest BCUT2D eigenvalue weighted by Crippen LogP contribution is -2.13. The highest BCUT2D eigenvalue weighted by molar-refractivity contribution is 6.29. The minimum atomic E-state index is -0.116. The first-order valence-corrected chi connectivity index (χ1v) is 27.3. The van der Waals surface area contributed by atoms with Crippen molar-refractivity contribution in [3.63, 3.8) is 0 Å². The maximum atomic E-state index is 7.25. The lowest BCUT2D eigenvalue weighted by Gasteiger charge is -2.30. The quantitative estimate of drug-likeness (QED) is 0.142. The van der Waals surface area contributed by atoms with Gasteiger partial charge in [-0.1, -0.05) is 224 Å². The normalized spacial score (nSPS) is 12.4. The molecule has 0 atom stereocenters. The summed E-state index contributed by atoms with van der Waals surface area (Å²) in [5, 5.41) is 11.6. The molecule has 4 heteroatoms. The number of anilines is 6. The van der Waals surface area contributed by atoms with Gasteiger partial charge in [-0.2, -0.15) is 0 Å². The van der Waals surface area contributed by atoms with Gasteiger partial charge in [0.2, 0.25) is 0 Å². The predicted octanol–water partition coefficient (Wildman–Crippen LogP) is 21.9. The zero-order valence-electron chi connectivity index (χ0n) is 45.5. The Morgan fingerprint density at radius 3 is 1.03 bits per heavy atom. The maximum Gasteiger partial charge on any atom is 0.159 e. The molecule has 14 aromatic rings. The lowest BCUT2D eigenvalue weighted by molar-refractivity contribution is 0.572. The number of furan rings is 2. The molecule has 0 N–H and O–H groups in total. The van der Waals surface area contributed by atoms with E-state index in [9.17, 15) is 0 Å². The smallest absolute Gasteiger partial charge is 0.159 e. The molecule has 12 aromatic carbocycles. The predicted molar refractivity (Wildman–Crippen MR) is 332 cm³/mol. The van der Waals surface area contributed by atoms with E-state index in [4.69, 9.17) is 8.83 Å². The molecule has 0 radical (unpaired) electrons. The minimum Gasteiger partial charge on any atom is -0.454 e. The Labute approximate surface area is 455 Å². The van der Waals surface area contributed by atoms with Crippen molar-refractivity contribution in [2.75, 3.05) is 9.80 Å². The molecule has 378 valence electrons. The molecule has 0 aliphatic rings. The molecule has 0 spiro atoms. The van der Waals surface area contributed by atoms with E-state index in [1.807, 2.05) is 0 Å².